The van der Waals surface area contributed by atoms with Crippen molar-refractivity contribution in [3.63, 3.8) is 0 Å². The van der Waals surface area contributed by atoms with Crippen molar-refractivity contribution in [3.05, 3.63) is 34.9 Å². The lowest BCUT2D eigenvalue weighted by molar-refractivity contribution is -0.114. The Morgan fingerprint density at radius 1 is 1.46 bits per heavy atom. The number of anilines is 1. The summed E-state index contributed by atoms with van der Waals surface area (Å²) < 4.78 is 44.3. The molecule has 0 saturated heterocycles. The van der Waals surface area contributed by atoms with E-state index < -0.39 is 22.7 Å². The molecule has 9 heteroatoms. The van der Waals surface area contributed by atoms with Crippen molar-refractivity contribution in [1.82, 2.24) is 0 Å². The molecule has 0 aliphatic heterocycles. The molecule has 0 aliphatic carbocycles. The Morgan fingerprint density at radius 3 is 2.62 bits per heavy atom. The highest BCUT2D eigenvalue weighted by Gasteiger charge is 2.38. The molecule has 1 aromatic rings. The standard InChI is InChI=1S/C15H16ClF3N2O2S/c1-9(2)23-11-6-4-5-10(7-11)21-14(22)12(24-8-16)13(20-3)15(17,18)19/h4-7,9H,3,8H2,1-2H3,(H,21,22)/b13-12-. The van der Waals surface area contributed by atoms with Gasteiger partial charge in [-0.05, 0) is 32.7 Å². The van der Waals surface area contributed by atoms with Gasteiger partial charge in [-0.15, -0.1) is 23.4 Å². The minimum absolute atomic E-state index is 0.0833. The molecule has 0 saturated carbocycles. The van der Waals surface area contributed by atoms with Crippen molar-refractivity contribution in [2.24, 2.45) is 4.99 Å². The molecule has 0 unspecified atom stereocenters. The maximum absolute atomic E-state index is 13.0. The van der Waals surface area contributed by atoms with Gasteiger partial charge in [0.25, 0.3) is 5.91 Å². The number of ether oxygens (including phenoxy) is 1. The molecule has 0 heterocycles. The molecule has 132 valence electrons. The number of nitrogens with one attached hydrogen (secondary N) is 1. The van der Waals surface area contributed by atoms with Gasteiger partial charge in [-0.25, -0.2) is 0 Å². The number of carbonyl (C=O) groups excluding carboxylic acids is 1. The summed E-state index contributed by atoms with van der Waals surface area (Å²) >= 11 is 6.00. The maximum atomic E-state index is 13.0. The summed E-state index contributed by atoms with van der Waals surface area (Å²) in [6, 6.07) is 6.33. The molecule has 0 fully saturated rings. The number of hydrogen-bond acceptors (Lipinski definition) is 4. The van der Waals surface area contributed by atoms with Crippen LogP contribution in [0.5, 0.6) is 5.75 Å². The average Bonchev–Trinajstić information content (AvgIpc) is 2.45. The van der Waals surface area contributed by atoms with Gasteiger partial charge in [-0.1, -0.05) is 6.07 Å². The van der Waals surface area contributed by atoms with Crippen LogP contribution < -0.4 is 10.1 Å². The van der Waals surface area contributed by atoms with Crippen LogP contribution in [0.1, 0.15) is 13.8 Å². The second kappa shape index (κ2) is 8.98. The number of amides is 1. The number of alkyl halides is 4. The van der Waals surface area contributed by atoms with Crippen molar-refractivity contribution in [2.75, 3.05) is 10.5 Å². The van der Waals surface area contributed by atoms with Crippen molar-refractivity contribution >= 4 is 41.7 Å². The summed E-state index contributed by atoms with van der Waals surface area (Å²) in [5.74, 6) is -0.488. The first-order valence-corrected chi connectivity index (χ1v) is 8.26. The summed E-state index contributed by atoms with van der Waals surface area (Å²) in [7, 11) is 0. The van der Waals surface area contributed by atoms with Crippen LogP contribution in [-0.2, 0) is 4.79 Å². The predicted octanol–water partition coefficient (Wildman–Crippen LogP) is 4.82. The van der Waals surface area contributed by atoms with E-state index in [0.29, 0.717) is 17.5 Å². The molecule has 1 rings (SSSR count). The number of rotatable bonds is 7. The molecule has 0 spiro atoms. The van der Waals surface area contributed by atoms with Crippen LogP contribution in [-0.4, -0.2) is 30.1 Å². The number of carbonyl (C=O) groups is 1. The Morgan fingerprint density at radius 2 is 2.12 bits per heavy atom. The Kier molecular flexibility index (Phi) is 7.62. The van der Waals surface area contributed by atoms with E-state index in [-0.39, 0.29) is 17.0 Å². The molecular weight excluding hydrogens is 365 g/mol. The maximum Gasteiger partial charge on any atom is 0.434 e. The summed E-state index contributed by atoms with van der Waals surface area (Å²) in [4.78, 5) is 14.5. The first-order chi connectivity index (χ1) is 11.2. The van der Waals surface area contributed by atoms with Crippen molar-refractivity contribution in [1.29, 1.82) is 0 Å². The number of aliphatic imine (C=N–C) groups is 1. The monoisotopic (exact) mass is 380 g/mol. The number of halogens is 4. The molecule has 0 bridgehead atoms. The van der Waals surface area contributed by atoms with Crippen LogP contribution in [0.3, 0.4) is 0 Å². The zero-order valence-corrected chi connectivity index (χ0v) is 14.6. The first-order valence-electron chi connectivity index (χ1n) is 6.74. The van der Waals surface area contributed by atoms with Crippen LogP contribution in [0, 0.1) is 0 Å². The van der Waals surface area contributed by atoms with Gasteiger partial charge in [0.2, 0.25) is 0 Å². The van der Waals surface area contributed by atoms with Crippen LogP contribution in [0.15, 0.2) is 39.9 Å². The topological polar surface area (TPSA) is 50.7 Å². The second-order valence-corrected chi connectivity index (χ2v) is 6.31. The summed E-state index contributed by atoms with van der Waals surface area (Å²) in [6.45, 7) is 6.54. The SMILES string of the molecule is C=N/C(=C(\SCCl)C(=O)Nc1cccc(OC(C)C)c1)C(F)(F)F. The quantitative estimate of drug-likeness (QED) is 0.419. The number of nitrogens with zero attached hydrogens (tertiary/aromatic N) is 1. The van der Waals surface area contributed by atoms with E-state index in [1.807, 2.05) is 13.8 Å². The number of allylic oxidation sites excluding steroid dienone is 1. The number of thioether (sulfide) groups is 1. The van der Waals surface area contributed by atoms with Gasteiger partial charge >= 0.3 is 6.18 Å². The van der Waals surface area contributed by atoms with E-state index in [1.54, 1.807) is 12.1 Å². The fourth-order valence-corrected chi connectivity index (χ4v) is 2.63. The molecule has 0 aromatic heterocycles. The van der Waals surface area contributed by atoms with E-state index >= 15 is 0 Å². The van der Waals surface area contributed by atoms with Gasteiger partial charge < -0.3 is 10.1 Å². The third kappa shape index (κ3) is 6.09. The van der Waals surface area contributed by atoms with E-state index in [9.17, 15) is 18.0 Å². The number of hydrogen-bond donors (Lipinski definition) is 1. The van der Waals surface area contributed by atoms with E-state index in [4.69, 9.17) is 16.3 Å². The summed E-state index contributed by atoms with van der Waals surface area (Å²) in [6.07, 6.45) is -4.89. The average molecular weight is 381 g/mol. The molecule has 1 aromatic carbocycles. The van der Waals surface area contributed by atoms with Gasteiger partial charge in [0, 0.05) is 11.8 Å². The van der Waals surface area contributed by atoms with Crippen LogP contribution in [0.2, 0.25) is 0 Å². The molecule has 24 heavy (non-hydrogen) atoms. The zero-order chi connectivity index (χ0) is 18.3. The van der Waals surface area contributed by atoms with Crippen molar-refractivity contribution in [2.45, 2.75) is 26.1 Å². The van der Waals surface area contributed by atoms with Gasteiger partial charge in [0.1, 0.15) is 10.7 Å². The van der Waals surface area contributed by atoms with Crippen LogP contribution in [0.25, 0.3) is 0 Å². The van der Waals surface area contributed by atoms with Crippen molar-refractivity contribution < 1.29 is 22.7 Å². The van der Waals surface area contributed by atoms with Gasteiger partial charge in [0.05, 0.1) is 11.3 Å². The molecule has 1 amide bonds. The molecular formula is C15H16ClF3N2O2S. The lowest BCUT2D eigenvalue weighted by atomic mass is 10.3. The summed E-state index contributed by atoms with van der Waals surface area (Å²) in [5, 5.41) is 2.14. The van der Waals surface area contributed by atoms with Gasteiger partial charge in [0.15, 0.2) is 5.70 Å². The minimum Gasteiger partial charge on any atom is -0.491 e. The zero-order valence-electron chi connectivity index (χ0n) is 13.0. The molecule has 0 atom stereocenters. The fourth-order valence-electron chi connectivity index (χ4n) is 1.69. The van der Waals surface area contributed by atoms with E-state index in [2.05, 4.69) is 17.0 Å². The lowest BCUT2D eigenvalue weighted by Gasteiger charge is -2.14. The minimum atomic E-state index is -4.81. The number of benzene rings is 1. The summed E-state index contributed by atoms with van der Waals surface area (Å²) in [5.41, 5.74) is -1.09. The second-order valence-electron chi connectivity index (χ2n) is 4.74. The van der Waals surface area contributed by atoms with E-state index in [0.717, 1.165) is 0 Å². The van der Waals surface area contributed by atoms with Crippen LogP contribution >= 0.6 is 23.4 Å². The smallest absolute Gasteiger partial charge is 0.434 e. The third-order valence-electron chi connectivity index (χ3n) is 2.51. The molecule has 0 aliphatic rings. The fraction of sp³-hybridized carbons (Fsp3) is 0.333. The molecule has 0 radical (unpaired) electrons. The van der Waals surface area contributed by atoms with Gasteiger partial charge in [-0.2, -0.15) is 13.2 Å². The molecule has 1 N–H and O–H groups in total. The van der Waals surface area contributed by atoms with Gasteiger partial charge in [-0.3, -0.25) is 9.79 Å². The molecule has 4 nitrogen and oxygen atoms in total. The highest BCUT2D eigenvalue weighted by molar-refractivity contribution is 8.05. The Hall–Kier alpha value is -1.67. The normalized spacial score (nSPS) is 12.6. The first kappa shape index (κ1) is 20.4. The largest absolute Gasteiger partial charge is 0.491 e. The Bertz CT molecular complexity index is 633. The van der Waals surface area contributed by atoms with E-state index in [1.165, 1.54) is 12.1 Å². The lowest BCUT2D eigenvalue weighted by Crippen LogP contribution is -2.20. The van der Waals surface area contributed by atoms with Crippen LogP contribution in [0.4, 0.5) is 18.9 Å². The Labute approximate surface area is 147 Å². The van der Waals surface area contributed by atoms with Crippen molar-refractivity contribution in [3.8, 4) is 5.75 Å². The third-order valence-corrected chi connectivity index (χ3v) is 3.61. The Balaban J connectivity index is 3.10. The highest BCUT2D eigenvalue weighted by atomic mass is 35.5. The highest BCUT2D eigenvalue weighted by Crippen LogP contribution is 2.34. The predicted molar refractivity (Wildman–Crippen MR) is 91.8 cm³/mol.